The van der Waals surface area contributed by atoms with E-state index in [2.05, 4.69) is 10.6 Å². The van der Waals surface area contributed by atoms with Crippen LogP contribution in [0.1, 0.15) is 27.2 Å². The zero-order chi connectivity index (χ0) is 16.0. The molecule has 8 heteroatoms. The Morgan fingerprint density at radius 1 is 1.33 bits per heavy atom. The second-order valence-electron chi connectivity index (χ2n) is 5.37. The number of aliphatic carboxylic acids is 1. The Bertz CT molecular complexity index is 403. The minimum atomic E-state index is -1.00. The number of urea groups is 1. The first-order valence-corrected chi connectivity index (χ1v) is 8.05. The Morgan fingerprint density at radius 2 is 2.00 bits per heavy atom. The Hall–Kier alpha value is -1.44. The second-order valence-corrected chi connectivity index (χ2v) is 6.72. The minimum absolute atomic E-state index is 0.123. The Labute approximate surface area is 128 Å². The number of carboxylic acid groups (broad SMARTS) is 1. The van der Waals surface area contributed by atoms with E-state index in [9.17, 15) is 14.4 Å². The van der Waals surface area contributed by atoms with Gasteiger partial charge in [-0.2, -0.15) is 0 Å². The molecule has 120 valence electrons. The number of thioether (sulfide) groups is 1. The quantitative estimate of drug-likeness (QED) is 0.670. The van der Waals surface area contributed by atoms with Crippen LogP contribution in [0.4, 0.5) is 4.79 Å². The second kappa shape index (κ2) is 8.11. The van der Waals surface area contributed by atoms with Crippen molar-refractivity contribution in [2.45, 2.75) is 38.6 Å². The van der Waals surface area contributed by atoms with Gasteiger partial charge in [0.25, 0.3) is 0 Å². The lowest BCUT2D eigenvalue weighted by Gasteiger charge is -2.25. The summed E-state index contributed by atoms with van der Waals surface area (Å²) in [6, 6.07) is -1.24. The smallest absolute Gasteiger partial charge is 0.327 e. The van der Waals surface area contributed by atoms with Gasteiger partial charge in [-0.3, -0.25) is 9.69 Å². The Kier molecular flexibility index (Phi) is 6.80. The van der Waals surface area contributed by atoms with Crippen molar-refractivity contribution in [2.24, 2.45) is 5.92 Å². The topological polar surface area (TPSA) is 98.7 Å². The summed E-state index contributed by atoms with van der Waals surface area (Å²) < 4.78 is 0. The number of hydrogen-bond acceptors (Lipinski definition) is 4. The summed E-state index contributed by atoms with van der Waals surface area (Å²) in [5, 5.41) is 14.3. The van der Waals surface area contributed by atoms with Crippen LogP contribution in [0.5, 0.6) is 0 Å². The molecule has 0 aromatic heterocycles. The van der Waals surface area contributed by atoms with E-state index in [1.807, 2.05) is 13.8 Å². The molecule has 0 aromatic rings. The van der Waals surface area contributed by atoms with Crippen LogP contribution in [0.25, 0.3) is 0 Å². The monoisotopic (exact) mass is 317 g/mol. The summed E-state index contributed by atoms with van der Waals surface area (Å²) in [5.74, 6) is -0.361. The van der Waals surface area contributed by atoms with Gasteiger partial charge in [-0.25, -0.2) is 9.59 Å². The van der Waals surface area contributed by atoms with Gasteiger partial charge in [-0.15, -0.1) is 11.8 Å². The maximum absolute atomic E-state index is 12.0. The lowest BCUT2D eigenvalue weighted by atomic mass is 10.2. The summed E-state index contributed by atoms with van der Waals surface area (Å²) in [4.78, 5) is 35.9. The van der Waals surface area contributed by atoms with Gasteiger partial charge in [0.15, 0.2) is 0 Å². The maximum Gasteiger partial charge on any atom is 0.327 e. The zero-order valence-electron chi connectivity index (χ0n) is 12.6. The standard InChI is InChI=1S/C13H23N3O4S/c1-8(2)6-15-11(17)4-5-14-13(20)16-9(3)21-7-10(16)12(18)19/h8-10H,4-7H2,1-3H3,(H,14,20)(H,15,17)(H,18,19). The van der Waals surface area contributed by atoms with Crippen molar-refractivity contribution in [3.8, 4) is 0 Å². The normalized spacial score (nSPS) is 21.4. The van der Waals surface area contributed by atoms with Crippen molar-refractivity contribution < 1.29 is 19.5 Å². The predicted molar refractivity (Wildman–Crippen MR) is 81.0 cm³/mol. The highest BCUT2D eigenvalue weighted by Gasteiger charge is 2.39. The van der Waals surface area contributed by atoms with Crippen molar-refractivity contribution in [1.82, 2.24) is 15.5 Å². The first-order chi connectivity index (χ1) is 9.82. The SMILES string of the molecule is CC(C)CNC(=O)CCNC(=O)N1C(C)SCC1C(=O)O. The fourth-order valence-electron chi connectivity index (χ4n) is 1.92. The molecule has 21 heavy (non-hydrogen) atoms. The largest absolute Gasteiger partial charge is 0.480 e. The molecule has 2 atom stereocenters. The zero-order valence-corrected chi connectivity index (χ0v) is 13.4. The van der Waals surface area contributed by atoms with Crippen molar-refractivity contribution in [2.75, 3.05) is 18.8 Å². The van der Waals surface area contributed by atoms with Gasteiger partial charge < -0.3 is 15.7 Å². The molecule has 1 saturated heterocycles. The molecule has 0 aliphatic carbocycles. The molecule has 1 rings (SSSR count). The number of carboxylic acids is 1. The Morgan fingerprint density at radius 3 is 2.57 bits per heavy atom. The fraction of sp³-hybridized carbons (Fsp3) is 0.769. The van der Waals surface area contributed by atoms with E-state index in [-0.39, 0.29) is 24.2 Å². The number of amides is 3. The van der Waals surface area contributed by atoms with E-state index in [4.69, 9.17) is 5.11 Å². The highest BCUT2D eigenvalue weighted by atomic mass is 32.2. The third-order valence-corrected chi connectivity index (χ3v) is 4.30. The average molecular weight is 317 g/mol. The highest BCUT2D eigenvalue weighted by molar-refractivity contribution is 8.00. The molecule has 0 radical (unpaired) electrons. The van der Waals surface area contributed by atoms with E-state index in [0.717, 1.165) is 0 Å². The molecule has 0 saturated carbocycles. The number of nitrogens with zero attached hydrogens (tertiary/aromatic N) is 1. The van der Waals surface area contributed by atoms with Crippen molar-refractivity contribution >= 4 is 29.7 Å². The first-order valence-electron chi connectivity index (χ1n) is 7.00. The molecule has 0 spiro atoms. The van der Waals surface area contributed by atoms with Crippen molar-refractivity contribution in [3.05, 3.63) is 0 Å². The molecule has 0 aromatic carbocycles. The number of rotatable bonds is 6. The molecule has 1 heterocycles. The van der Waals surface area contributed by atoms with E-state index in [1.165, 1.54) is 16.7 Å². The lowest BCUT2D eigenvalue weighted by molar-refractivity contribution is -0.141. The van der Waals surface area contributed by atoms with Gasteiger partial charge in [0.1, 0.15) is 6.04 Å². The van der Waals surface area contributed by atoms with Gasteiger partial charge in [0.2, 0.25) is 5.91 Å². The predicted octanol–water partition coefficient (Wildman–Crippen LogP) is 0.706. The molecule has 0 bridgehead atoms. The number of nitrogens with one attached hydrogen (secondary N) is 2. The van der Waals surface area contributed by atoms with E-state index in [0.29, 0.717) is 18.2 Å². The maximum atomic E-state index is 12.0. The molecular weight excluding hydrogens is 294 g/mol. The minimum Gasteiger partial charge on any atom is -0.480 e. The van der Waals surface area contributed by atoms with Crippen molar-refractivity contribution in [3.63, 3.8) is 0 Å². The summed E-state index contributed by atoms with van der Waals surface area (Å²) in [5.41, 5.74) is 0. The first kappa shape index (κ1) is 17.6. The lowest BCUT2D eigenvalue weighted by Crippen LogP contribution is -2.50. The van der Waals surface area contributed by atoms with Gasteiger partial charge in [0, 0.05) is 25.3 Å². The number of carbonyl (C=O) groups is 3. The molecule has 2 unspecified atom stereocenters. The average Bonchev–Trinajstić information content (AvgIpc) is 2.78. The third kappa shape index (κ3) is 5.45. The van der Waals surface area contributed by atoms with E-state index >= 15 is 0 Å². The van der Waals surface area contributed by atoms with Crippen LogP contribution in [-0.4, -0.2) is 58.2 Å². The van der Waals surface area contributed by atoms with Crippen LogP contribution in [0, 0.1) is 5.92 Å². The van der Waals surface area contributed by atoms with Gasteiger partial charge in [-0.1, -0.05) is 13.8 Å². The molecule has 1 fully saturated rings. The number of hydrogen-bond donors (Lipinski definition) is 3. The molecule has 1 aliphatic heterocycles. The summed E-state index contributed by atoms with van der Waals surface area (Å²) >= 11 is 1.43. The van der Waals surface area contributed by atoms with Gasteiger partial charge >= 0.3 is 12.0 Å². The highest BCUT2D eigenvalue weighted by Crippen LogP contribution is 2.28. The van der Waals surface area contributed by atoms with Crippen LogP contribution >= 0.6 is 11.8 Å². The molecule has 7 nitrogen and oxygen atoms in total. The molecule has 3 amide bonds. The Balaban J connectivity index is 2.36. The fourth-order valence-corrected chi connectivity index (χ4v) is 3.09. The molecular formula is C13H23N3O4S. The van der Waals surface area contributed by atoms with Crippen LogP contribution in [0.2, 0.25) is 0 Å². The molecule has 3 N–H and O–H groups in total. The summed E-state index contributed by atoms with van der Waals surface area (Å²) in [6.07, 6.45) is 0.186. The van der Waals surface area contributed by atoms with Crippen LogP contribution in [0.3, 0.4) is 0 Å². The summed E-state index contributed by atoms with van der Waals surface area (Å²) in [6.45, 7) is 6.60. The van der Waals surface area contributed by atoms with E-state index in [1.54, 1.807) is 6.92 Å². The van der Waals surface area contributed by atoms with Crippen LogP contribution < -0.4 is 10.6 Å². The van der Waals surface area contributed by atoms with E-state index < -0.39 is 18.0 Å². The molecule has 1 aliphatic rings. The van der Waals surface area contributed by atoms with Crippen LogP contribution in [-0.2, 0) is 9.59 Å². The van der Waals surface area contributed by atoms with Crippen molar-refractivity contribution in [1.29, 1.82) is 0 Å². The van der Waals surface area contributed by atoms with Gasteiger partial charge in [-0.05, 0) is 12.8 Å². The van der Waals surface area contributed by atoms with Gasteiger partial charge in [0.05, 0.1) is 5.37 Å². The summed E-state index contributed by atoms with van der Waals surface area (Å²) in [7, 11) is 0. The third-order valence-electron chi connectivity index (χ3n) is 3.08. The van der Waals surface area contributed by atoms with Crippen LogP contribution in [0.15, 0.2) is 0 Å². The number of carbonyl (C=O) groups excluding carboxylic acids is 2.